The third-order valence-corrected chi connectivity index (χ3v) is 5.18. The quantitative estimate of drug-likeness (QED) is 0.912. The molecular formula is C18H23N3. The van der Waals surface area contributed by atoms with Crippen LogP contribution in [0.3, 0.4) is 0 Å². The Morgan fingerprint density at radius 2 is 2.00 bits per heavy atom. The Kier molecular flexibility index (Phi) is 3.52. The number of fused-ring (bicyclic) bond motifs is 2. The summed E-state index contributed by atoms with van der Waals surface area (Å²) in [6.45, 7) is 1.82. The topological polar surface area (TPSA) is 29.9 Å². The molecule has 21 heavy (non-hydrogen) atoms. The average Bonchev–Trinajstić information content (AvgIpc) is 3.22. The highest BCUT2D eigenvalue weighted by atomic mass is 15.3. The van der Waals surface area contributed by atoms with Gasteiger partial charge >= 0.3 is 0 Å². The van der Waals surface area contributed by atoms with E-state index in [9.17, 15) is 0 Å². The molecule has 4 rings (SSSR count). The summed E-state index contributed by atoms with van der Waals surface area (Å²) < 4.78 is 2.03. The number of benzene rings is 1. The molecule has 2 fully saturated rings. The molecule has 2 aliphatic carbocycles. The predicted octanol–water partition coefficient (Wildman–Crippen LogP) is 3.21. The normalized spacial score (nSPS) is 27.3. The van der Waals surface area contributed by atoms with Gasteiger partial charge in [0.2, 0.25) is 0 Å². The second kappa shape index (κ2) is 5.64. The molecule has 3 unspecified atom stereocenters. The van der Waals surface area contributed by atoms with Crippen LogP contribution in [0.1, 0.15) is 36.8 Å². The van der Waals surface area contributed by atoms with Gasteiger partial charge < -0.3 is 5.32 Å². The van der Waals surface area contributed by atoms with E-state index in [2.05, 4.69) is 46.9 Å². The minimum Gasteiger partial charge on any atom is -0.310 e. The van der Waals surface area contributed by atoms with Crippen LogP contribution in [0.25, 0.3) is 0 Å². The Morgan fingerprint density at radius 3 is 2.76 bits per heavy atom. The van der Waals surface area contributed by atoms with Gasteiger partial charge in [0, 0.05) is 24.3 Å². The molecule has 0 spiro atoms. The summed E-state index contributed by atoms with van der Waals surface area (Å²) in [5, 5.41) is 8.23. The summed E-state index contributed by atoms with van der Waals surface area (Å²) in [6.07, 6.45) is 9.94. The van der Waals surface area contributed by atoms with Crippen LogP contribution in [-0.4, -0.2) is 15.8 Å². The van der Waals surface area contributed by atoms with Crippen LogP contribution < -0.4 is 5.32 Å². The van der Waals surface area contributed by atoms with Gasteiger partial charge in [0.1, 0.15) is 0 Å². The van der Waals surface area contributed by atoms with Crippen molar-refractivity contribution >= 4 is 0 Å². The van der Waals surface area contributed by atoms with Crippen molar-refractivity contribution in [2.24, 2.45) is 11.8 Å². The first-order chi connectivity index (χ1) is 10.4. The molecular weight excluding hydrogens is 258 g/mol. The largest absolute Gasteiger partial charge is 0.310 e. The minimum atomic E-state index is 0.751. The Bertz CT molecular complexity index is 590. The van der Waals surface area contributed by atoms with Gasteiger partial charge in [0.15, 0.2) is 0 Å². The second-order valence-corrected chi connectivity index (χ2v) is 6.69. The molecule has 3 heteroatoms. The zero-order valence-corrected chi connectivity index (χ0v) is 12.4. The van der Waals surface area contributed by atoms with E-state index in [4.69, 9.17) is 0 Å². The summed E-state index contributed by atoms with van der Waals surface area (Å²) in [6, 6.07) is 11.3. The van der Waals surface area contributed by atoms with Gasteiger partial charge in [-0.1, -0.05) is 36.8 Å². The maximum absolute atomic E-state index is 4.48. The van der Waals surface area contributed by atoms with Crippen molar-refractivity contribution in [3.05, 3.63) is 53.9 Å². The first kappa shape index (κ1) is 13.1. The molecule has 2 aromatic rings. The van der Waals surface area contributed by atoms with E-state index in [1.807, 2.05) is 10.9 Å². The number of hydrogen-bond donors (Lipinski definition) is 1. The van der Waals surface area contributed by atoms with Gasteiger partial charge in [-0.05, 0) is 36.7 Å². The van der Waals surface area contributed by atoms with E-state index in [0.29, 0.717) is 0 Å². The lowest BCUT2D eigenvalue weighted by Crippen LogP contribution is -2.33. The van der Waals surface area contributed by atoms with Gasteiger partial charge in [-0.15, -0.1) is 0 Å². The molecule has 1 heterocycles. The SMILES string of the molecule is c1ccc(Cn2cc(CNC3CC4CCC3C4)cn2)cc1. The zero-order chi connectivity index (χ0) is 14.1. The highest BCUT2D eigenvalue weighted by molar-refractivity contribution is 5.15. The third kappa shape index (κ3) is 2.88. The molecule has 110 valence electrons. The van der Waals surface area contributed by atoms with Crippen LogP contribution in [0.4, 0.5) is 0 Å². The van der Waals surface area contributed by atoms with Crippen LogP contribution in [0.2, 0.25) is 0 Å². The molecule has 1 aromatic heterocycles. The molecule has 0 aliphatic heterocycles. The van der Waals surface area contributed by atoms with Crippen molar-refractivity contribution in [1.82, 2.24) is 15.1 Å². The van der Waals surface area contributed by atoms with Crippen molar-refractivity contribution < 1.29 is 0 Å². The maximum Gasteiger partial charge on any atom is 0.0659 e. The Hall–Kier alpha value is -1.61. The van der Waals surface area contributed by atoms with Crippen molar-refractivity contribution in [2.75, 3.05) is 0 Å². The molecule has 2 saturated carbocycles. The molecule has 1 N–H and O–H groups in total. The van der Waals surface area contributed by atoms with Crippen molar-refractivity contribution in [1.29, 1.82) is 0 Å². The van der Waals surface area contributed by atoms with Crippen LogP contribution in [-0.2, 0) is 13.1 Å². The van der Waals surface area contributed by atoms with Crippen LogP contribution in [0.5, 0.6) is 0 Å². The first-order valence-corrected chi connectivity index (χ1v) is 8.15. The van der Waals surface area contributed by atoms with Crippen molar-refractivity contribution in [3.63, 3.8) is 0 Å². The molecule has 0 radical (unpaired) electrons. The average molecular weight is 281 g/mol. The summed E-state index contributed by atoms with van der Waals surface area (Å²) in [7, 11) is 0. The fraction of sp³-hybridized carbons (Fsp3) is 0.500. The van der Waals surface area contributed by atoms with Gasteiger partial charge in [0.05, 0.1) is 12.7 Å². The third-order valence-electron chi connectivity index (χ3n) is 5.18. The lowest BCUT2D eigenvalue weighted by molar-refractivity contribution is 0.350. The fourth-order valence-electron chi connectivity index (χ4n) is 4.10. The van der Waals surface area contributed by atoms with E-state index < -0.39 is 0 Å². The number of rotatable bonds is 5. The van der Waals surface area contributed by atoms with Crippen molar-refractivity contribution in [2.45, 2.75) is 44.8 Å². The summed E-state index contributed by atoms with van der Waals surface area (Å²) >= 11 is 0. The van der Waals surface area contributed by atoms with Gasteiger partial charge in [-0.3, -0.25) is 4.68 Å². The Morgan fingerprint density at radius 1 is 1.10 bits per heavy atom. The summed E-state index contributed by atoms with van der Waals surface area (Å²) in [4.78, 5) is 0. The highest BCUT2D eigenvalue weighted by Crippen LogP contribution is 2.44. The van der Waals surface area contributed by atoms with Crippen LogP contribution in [0.15, 0.2) is 42.7 Å². The summed E-state index contributed by atoms with van der Waals surface area (Å²) in [5.74, 6) is 1.95. The minimum absolute atomic E-state index is 0.751. The lowest BCUT2D eigenvalue weighted by Gasteiger charge is -2.22. The molecule has 3 atom stereocenters. The molecule has 2 aliphatic rings. The van der Waals surface area contributed by atoms with E-state index >= 15 is 0 Å². The number of aromatic nitrogens is 2. The zero-order valence-electron chi connectivity index (χ0n) is 12.4. The Balaban J connectivity index is 1.32. The van der Waals surface area contributed by atoms with Crippen LogP contribution in [0, 0.1) is 11.8 Å². The smallest absolute Gasteiger partial charge is 0.0659 e. The second-order valence-electron chi connectivity index (χ2n) is 6.69. The number of hydrogen-bond acceptors (Lipinski definition) is 2. The highest BCUT2D eigenvalue weighted by Gasteiger charge is 2.38. The number of nitrogens with zero attached hydrogens (tertiary/aromatic N) is 2. The lowest BCUT2D eigenvalue weighted by atomic mass is 9.95. The van der Waals surface area contributed by atoms with Gasteiger partial charge in [0.25, 0.3) is 0 Å². The van der Waals surface area contributed by atoms with Crippen molar-refractivity contribution in [3.8, 4) is 0 Å². The Labute approximate surface area is 126 Å². The standard InChI is InChI=1S/C18H23N3/c1-2-4-14(5-3-1)12-21-13-16(11-20-21)10-19-18-9-15-6-7-17(18)8-15/h1-5,11,13,15,17-19H,6-10,12H2. The van der Waals surface area contributed by atoms with E-state index in [1.54, 1.807) is 0 Å². The molecule has 2 bridgehead atoms. The van der Waals surface area contributed by atoms with Gasteiger partial charge in [-0.2, -0.15) is 5.10 Å². The van der Waals surface area contributed by atoms with E-state index in [0.717, 1.165) is 31.0 Å². The van der Waals surface area contributed by atoms with Crippen LogP contribution >= 0.6 is 0 Å². The van der Waals surface area contributed by atoms with E-state index in [1.165, 1.54) is 36.8 Å². The predicted molar refractivity (Wildman–Crippen MR) is 83.8 cm³/mol. The molecule has 0 amide bonds. The first-order valence-electron chi connectivity index (χ1n) is 8.15. The van der Waals surface area contributed by atoms with Gasteiger partial charge in [-0.25, -0.2) is 0 Å². The fourth-order valence-corrected chi connectivity index (χ4v) is 4.10. The molecule has 3 nitrogen and oxygen atoms in total. The molecule has 0 saturated heterocycles. The molecule has 1 aromatic carbocycles. The van der Waals surface area contributed by atoms with E-state index in [-0.39, 0.29) is 0 Å². The summed E-state index contributed by atoms with van der Waals surface area (Å²) in [5.41, 5.74) is 2.60. The monoisotopic (exact) mass is 281 g/mol. The maximum atomic E-state index is 4.48. The number of nitrogens with one attached hydrogen (secondary N) is 1.